The molecule has 0 aliphatic carbocycles. The van der Waals surface area contributed by atoms with Crippen LogP contribution in [0.5, 0.6) is 0 Å². The summed E-state index contributed by atoms with van der Waals surface area (Å²) in [7, 11) is -3.42. The van der Waals surface area contributed by atoms with E-state index in [-0.39, 0.29) is 10.9 Å². The number of hydrogen-bond donors (Lipinski definition) is 2. The van der Waals surface area contributed by atoms with E-state index in [1.165, 1.54) is 0 Å². The Morgan fingerprint density at radius 3 is 2.68 bits per heavy atom. The third-order valence-corrected chi connectivity index (χ3v) is 5.45. The second-order valence-electron chi connectivity index (χ2n) is 4.21. The zero-order valence-electron chi connectivity index (χ0n) is 10.4. The monoisotopic (exact) mass is 296 g/mol. The largest absolute Gasteiger partial charge is 0.320 e. The van der Waals surface area contributed by atoms with Gasteiger partial charge in [-0.05, 0) is 36.4 Å². The zero-order chi connectivity index (χ0) is 13.7. The van der Waals surface area contributed by atoms with E-state index >= 15 is 0 Å². The Morgan fingerprint density at radius 1 is 1.37 bits per heavy atom. The van der Waals surface area contributed by atoms with Crippen molar-refractivity contribution in [2.24, 2.45) is 5.73 Å². The van der Waals surface area contributed by atoms with Crippen LogP contribution in [-0.4, -0.2) is 32.5 Å². The molecule has 102 valence electrons. The third kappa shape index (κ3) is 3.98. The molecule has 0 saturated carbocycles. The molecular formula is C13H16N2O2S2. The van der Waals surface area contributed by atoms with E-state index in [1.54, 1.807) is 36.0 Å². The molecule has 3 N–H and O–H groups in total. The Bertz CT molecular complexity index is 579. The minimum absolute atomic E-state index is 0.0479. The van der Waals surface area contributed by atoms with Crippen LogP contribution in [-0.2, 0) is 10.0 Å². The smallest absolute Gasteiger partial charge is 0.240 e. The Morgan fingerprint density at radius 2 is 2.11 bits per heavy atom. The standard InChI is InChI=1S/C13H16N2O2S2/c14-8-1-2-11-3-5-13(6-4-11)19(16,17)15-12-7-9-18-10-12/h3-6,12,15H,7-10,14H2. The summed E-state index contributed by atoms with van der Waals surface area (Å²) in [6.07, 6.45) is 0.893. The molecule has 0 aromatic heterocycles. The van der Waals surface area contributed by atoms with Gasteiger partial charge in [-0.3, -0.25) is 0 Å². The maximum Gasteiger partial charge on any atom is 0.240 e. The summed E-state index contributed by atoms with van der Waals surface area (Å²) in [5, 5.41) is 0. The van der Waals surface area contributed by atoms with E-state index in [4.69, 9.17) is 5.73 Å². The van der Waals surface area contributed by atoms with Crippen LogP contribution >= 0.6 is 11.8 Å². The first-order valence-corrected chi connectivity index (χ1v) is 8.65. The number of hydrogen-bond acceptors (Lipinski definition) is 4. The number of sulfonamides is 1. The molecule has 4 nitrogen and oxygen atoms in total. The molecule has 1 aliphatic heterocycles. The first kappa shape index (κ1) is 14.4. The highest BCUT2D eigenvalue weighted by molar-refractivity contribution is 7.99. The van der Waals surface area contributed by atoms with Crippen molar-refractivity contribution in [3.63, 3.8) is 0 Å². The lowest BCUT2D eigenvalue weighted by molar-refractivity contribution is 0.563. The van der Waals surface area contributed by atoms with Crippen LogP contribution < -0.4 is 10.5 Å². The van der Waals surface area contributed by atoms with E-state index in [1.807, 2.05) is 0 Å². The molecule has 1 fully saturated rings. The highest BCUT2D eigenvalue weighted by Crippen LogP contribution is 2.19. The molecule has 0 bridgehead atoms. The summed E-state index contributed by atoms with van der Waals surface area (Å²) < 4.78 is 27.0. The second kappa shape index (κ2) is 6.44. The SMILES string of the molecule is NCC#Cc1ccc(S(=O)(=O)NC2CCSC2)cc1. The number of nitrogens with one attached hydrogen (secondary N) is 1. The average Bonchev–Trinajstić information content (AvgIpc) is 2.89. The normalized spacial score (nSPS) is 18.9. The van der Waals surface area contributed by atoms with Gasteiger partial charge < -0.3 is 5.73 Å². The highest BCUT2D eigenvalue weighted by atomic mass is 32.2. The Balaban J connectivity index is 2.11. The van der Waals surface area contributed by atoms with Crippen LogP contribution in [0.4, 0.5) is 0 Å². The maximum atomic E-state index is 12.1. The zero-order valence-corrected chi connectivity index (χ0v) is 12.1. The molecule has 1 aliphatic rings. The van der Waals surface area contributed by atoms with Crippen molar-refractivity contribution < 1.29 is 8.42 Å². The molecule has 6 heteroatoms. The van der Waals surface area contributed by atoms with Gasteiger partial charge >= 0.3 is 0 Å². The molecule has 0 radical (unpaired) electrons. The Kier molecular flexibility index (Phi) is 4.88. The first-order chi connectivity index (χ1) is 9.12. The second-order valence-corrected chi connectivity index (χ2v) is 7.08. The fraction of sp³-hybridized carbons (Fsp3) is 0.385. The minimum atomic E-state index is -3.42. The van der Waals surface area contributed by atoms with Crippen LogP contribution in [0.2, 0.25) is 0 Å². The summed E-state index contributed by atoms with van der Waals surface area (Å²) >= 11 is 1.77. The van der Waals surface area contributed by atoms with Crippen molar-refractivity contribution in [1.82, 2.24) is 4.72 Å². The lowest BCUT2D eigenvalue weighted by Crippen LogP contribution is -2.34. The van der Waals surface area contributed by atoms with Crippen LogP contribution in [0, 0.1) is 11.8 Å². The molecule has 1 aromatic carbocycles. The van der Waals surface area contributed by atoms with Crippen molar-refractivity contribution in [3.8, 4) is 11.8 Å². The van der Waals surface area contributed by atoms with Crippen molar-refractivity contribution in [3.05, 3.63) is 29.8 Å². The lowest BCUT2D eigenvalue weighted by Gasteiger charge is -2.11. The van der Waals surface area contributed by atoms with E-state index < -0.39 is 10.0 Å². The molecule has 1 unspecified atom stereocenters. The van der Waals surface area contributed by atoms with Gasteiger partial charge in [0.25, 0.3) is 0 Å². The molecule has 1 atom stereocenters. The quantitative estimate of drug-likeness (QED) is 0.809. The molecule has 1 aromatic rings. The molecule has 2 rings (SSSR count). The van der Waals surface area contributed by atoms with E-state index in [0.29, 0.717) is 6.54 Å². The van der Waals surface area contributed by atoms with Crippen molar-refractivity contribution in [1.29, 1.82) is 0 Å². The molecular weight excluding hydrogens is 280 g/mol. The van der Waals surface area contributed by atoms with Gasteiger partial charge in [-0.2, -0.15) is 11.8 Å². The summed E-state index contributed by atoms with van der Waals surface area (Å²) in [6, 6.07) is 6.59. The van der Waals surface area contributed by atoms with Crippen LogP contribution in [0.15, 0.2) is 29.2 Å². The van der Waals surface area contributed by atoms with Gasteiger partial charge in [-0.1, -0.05) is 11.8 Å². The van der Waals surface area contributed by atoms with Crippen LogP contribution in [0.25, 0.3) is 0 Å². The van der Waals surface area contributed by atoms with E-state index in [2.05, 4.69) is 16.6 Å². The summed E-state index contributed by atoms with van der Waals surface area (Å²) in [4.78, 5) is 0.280. The molecule has 0 amide bonds. The fourth-order valence-corrected chi connectivity index (χ4v) is 4.31. The minimum Gasteiger partial charge on any atom is -0.320 e. The van der Waals surface area contributed by atoms with E-state index in [9.17, 15) is 8.42 Å². The Hall–Kier alpha value is -1.00. The predicted octanol–water partition coefficient (Wildman–Crippen LogP) is 0.781. The number of benzene rings is 1. The van der Waals surface area contributed by atoms with Gasteiger partial charge in [0.1, 0.15) is 0 Å². The predicted molar refractivity (Wildman–Crippen MR) is 78.4 cm³/mol. The van der Waals surface area contributed by atoms with Crippen LogP contribution in [0.1, 0.15) is 12.0 Å². The highest BCUT2D eigenvalue weighted by Gasteiger charge is 2.22. The van der Waals surface area contributed by atoms with Gasteiger partial charge in [-0.15, -0.1) is 0 Å². The van der Waals surface area contributed by atoms with Gasteiger partial charge in [0.15, 0.2) is 0 Å². The van der Waals surface area contributed by atoms with Crippen molar-refractivity contribution in [2.75, 3.05) is 18.1 Å². The maximum absolute atomic E-state index is 12.1. The molecule has 19 heavy (non-hydrogen) atoms. The topological polar surface area (TPSA) is 72.2 Å². The number of thioether (sulfide) groups is 1. The van der Waals surface area contributed by atoms with Gasteiger partial charge in [0.2, 0.25) is 10.0 Å². The van der Waals surface area contributed by atoms with Crippen LogP contribution in [0.3, 0.4) is 0 Å². The van der Waals surface area contributed by atoms with Gasteiger partial charge in [0, 0.05) is 17.4 Å². The van der Waals surface area contributed by atoms with Crippen molar-refractivity contribution in [2.45, 2.75) is 17.4 Å². The van der Waals surface area contributed by atoms with Gasteiger partial charge in [-0.25, -0.2) is 13.1 Å². The lowest BCUT2D eigenvalue weighted by atomic mass is 10.2. The molecule has 0 spiro atoms. The van der Waals surface area contributed by atoms with Gasteiger partial charge in [0.05, 0.1) is 11.4 Å². The summed E-state index contributed by atoms with van der Waals surface area (Å²) in [5.74, 6) is 7.46. The van der Waals surface area contributed by atoms with E-state index in [0.717, 1.165) is 23.5 Å². The molecule has 1 saturated heterocycles. The number of rotatable bonds is 3. The third-order valence-electron chi connectivity index (χ3n) is 2.75. The first-order valence-electron chi connectivity index (χ1n) is 6.01. The Labute approximate surface area is 118 Å². The fourth-order valence-electron chi connectivity index (χ4n) is 1.79. The summed E-state index contributed by atoms with van der Waals surface area (Å²) in [5.41, 5.74) is 6.05. The number of nitrogens with two attached hydrogens (primary N) is 1. The molecule has 1 heterocycles. The average molecular weight is 296 g/mol. The summed E-state index contributed by atoms with van der Waals surface area (Å²) in [6.45, 7) is 0.293. The van der Waals surface area contributed by atoms with Crippen molar-refractivity contribution >= 4 is 21.8 Å².